The highest BCUT2D eigenvalue weighted by Crippen LogP contribution is 2.67. The SMILES string of the molecule is C=C1CCC2[C@]3(C)CO[C@@H](C4CCCC4)O[C@@H]3CC[C@@]2(C)[C@@H]1CCOc1ccc(C(=O)O)nc1.C=C1CCC2[C@]3(C)CO[C@@H](C4CCCC4)O[C@@H]3CC[C@@]2(C)[C@@H]1CCOc1ccc(C(=O)O)nc1.C=C1CCC2[C@]3(C)CO[C@@H](C4CCCC4)O[C@@H]3CC[C@@]2(C)[C@@H]1CCOc1ccc(C(=O)OC)nc1.COC(=O)c1ccc(O)cn1.O=C(O)c1ccc(O)cn1. The molecule has 9 saturated carbocycles. The summed E-state index contributed by atoms with van der Waals surface area (Å²) in [6, 6.07) is 15.0. The monoisotopic (exact) mass is 1710 g/mol. The molecule has 5 aromatic rings. The zero-order chi connectivity index (χ0) is 88.3. The number of carboxylic acid groups (broad SMARTS) is 3. The first kappa shape index (κ1) is 92.7. The first-order valence-electron chi connectivity index (χ1n) is 45.2. The lowest BCUT2D eigenvalue weighted by Gasteiger charge is -2.63. The highest BCUT2D eigenvalue weighted by Gasteiger charge is 2.64. The average molecular weight is 1720 g/mol. The van der Waals surface area contributed by atoms with Crippen LogP contribution >= 0.6 is 0 Å². The van der Waals surface area contributed by atoms with E-state index in [9.17, 15) is 24.0 Å². The van der Waals surface area contributed by atoms with E-state index in [1.807, 2.05) is 0 Å². The van der Waals surface area contributed by atoms with Crippen molar-refractivity contribution in [1.82, 2.24) is 24.9 Å². The van der Waals surface area contributed by atoms with Gasteiger partial charge in [-0.05, 0) is 247 Å². The number of pyridine rings is 5. The Kier molecular flexibility index (Phi) is 30.2. The topological polar surface area (TPSA) is 352 Å². The Labute approximate surface area is 729 Å². The van der Waals surface area contributed by atoms with Gasteiger partial charge in [-0.1, -0.05) is 117 Å². The maximum Gasteiger partial charge on any atom is 0.356 e. The first-order chi connectivity index (χ1) is 59.4. The van der Waals surface area contributed by atoms with Gasteiger partial charge in [0.05, 0.1) is 103 Å². The maximum absolute atomic E-state index is 11.6. The third-order valence-corrected chi connectivity index (χ3v) is 31.0. The fourth-order valence-corrected chi connectivity index (χ4v) is 24.5. The average Bonchev–Trinajstić information content (AvgIpc) is 0.855. The lowest BCUT2D eigenvalue weighted by molar-refractivity contribution is -0.316. The molecule has 9 aliphatic carbocycles. The molecule has 5 N–H and O–H groups in total. The smallest absolute Gasteiger partial charge is 0.356 e. The number of esters is 2. The molecule has 3 saturated heterocycles. The van der Waals surface area contributed by atoms with Gasteiger partial charge in [0.15, 0.2) is 18.9 Å². The number of carboxylic acids is 3. The minimum Gasteiger partial charge on any atom is -0.506 e. The van der Waals surface area contributed by atoms with Crippen LogP contribution in [0.1, 0.15) is 267 Å². The van der Waals surface area contributed by atoms with Gasteiger partial charge in [0.2, 0.25) is 0 Å². The predicted molar refractivity (Wildman–Crippen MR) is 461 cm³/mol. The third-order valence-electron chi connectivity index (χ3n) is 31.0. The van der Waals surface area contributed by atoms with Crippen LogP contribution in [0.15, 0.2) is 128 Å². The molecule has 0 bridgehead atoms. The van der Waals surface area contributed by atoms with Gasteiger partial charge in [-0.2, -0.15) is 0 Å². The first-order valence-corrected chi connectivity index (χ1v) is 45.2. The number of allylic oxidation sites excluding steroid dienone is 3. The molecule has 26 heteroatoms. The molecule has 0 amide bonds. The Morgan fingerprint density at radius 2 is 0.637 bits per heavy atom. The van der Waals surface area contributed by atoms with Crippen molar-refractivity contribution >= 4 is 29.8 Å². The van der Waals surface area contributed by atoms with Crippen LogP contribution < -0.4 is 14.2 Å². The summed E-state index contributed by atoms with van der Waals surface area (Å²) in [7, 11) is 2.63. The molecule has 18 atom stereocenters. The van der Waals surface area contributed by atoms with E-state index in [1.54, 1.807) is 30.5 Å². The Hall–Kier alpha value is -8.92. The lowest BCUT2D eigenvalue weighted by atomic mass is 9.46. The van der Waals surface area contributed by atoms with Gasteiger partial charge in [0.1, 0.15) is 57.2 Å². The van der Waals surface area contributed by atoms with E-state index >= 15 is 0 Å². The molecule has 26 nitrogen and oxygen atoms in total. The highest BCUT2D eigenvalue weighted by molar-refractivity contribution is 5.88. The summed E-state index contributed by atoms with van der Waals surface area (Å²) in [5.74, 6) is 2.32. The Morgan fingerprint density at radius 1 is 0.371 bits per heavy atom. The lowest BCUT2D eigenvalue weighted by Crippen LogP contribution is -2.62. The fraction of sp³-hybridized carbons (Fsp3) is 0.633. The largest absolute Gasteiger partial charge is 0.506 e. The molecular formula is C98H131N5O21. The third kappa shape index (κ3) is 20.5. The zero-order valence-corrected chi connectivity index (χ0v) is 73.8. The van der Waals surface area contributed by atoms with Crippen LogP contribution in [0.5, 0.6) is 28.7 Å². The molecule has 3 unspecified atom stereocenters. The number of aromatic hydroxyl groups is 2. The van der Waals surface area contributed by atoms with E-state index in [1.165, 1.54) is 169 Å². The summed E-state index contributed by atoms with van der Waals surface area (Å²) < 4.78 is 66.5. The molecule has 0 aromatic carbocycles. The second kappa shape index (κ2) is 40.4. The Balaban J connectivity index is 0.000000143. The molecule has 0 radical (unpaired) electrons. The molecular weight excluding hydrogens is 1580 g/mol. The van der Waals surface area contributed by atoms with Crippen molar-refractivity contribution in [3.8, 4) is 28.7 Å². The number of aromatic carboxylic acids is 3. The summed E-state index contributed by atoms with van der Waals surface area (Å²) in [6.07, 6.45) is 39.1. The van der Waals surface area contributed by atoms with Crippen molar-refractivity contribution in [2.75, 3.05) is 53.9 Å². The summed E-state index contributed by atoms with van der Waals surface area (Å²) in [4.78, 5) is 73.7. The molecule has 8 heterocycles. The highest BCUT2D eigenvalue weighted by atomic mass is 16.7. The molecule has 0 spiro atoms. The van der Waals surface area contributed by atoms with E-state index in [0.717, 1.165) is 116 Å². The predicted octanol–water partition coefficient (Wildman–Crippen LogP) is 18.8. The molecule has 674 valence electrons. The number of hydrogen-bond donors (Lipinski definition) is 5. The summed E-state index contributed by atoms with van der Waals surface area (Å²) >= 11 is 0. The van der Waals surface area contributed by atoms with Gasteiger partial charge in [-0.25, -0.2) is 48.9 Å². The quantitative estimate of drug-likeness (QED) is 0.0357. The van der Waals surface area contributed by atoms with Crippen LogP contribution in [0, 0.1) is 85.8 Å². The van der Waals surface area contributed by atoms with E-state index in [4.69, 9.17) is 72.9 Å². The summed E-state index contributed by atoms with van der Waals surface area (Å²) in [6.45, 7) is 32.2. The van der Waals surface area contributed by atoms with Gasteiger partial charge in [0, 0.05) is 34.0 Å². The minimum absolute atomic E-state index is 0.00173. The van der Waals surface area contributed by atoms with Crippen LogP contribution in [-0.4, -0.2) is 171 Å². The molecule has 124 heavy (non-hydrogen) atoms. The van der Waals surface area contributed by atoms with Crippen LogP contribution in [-0.2, 0) is 37.9 Å². The van der Waals surface area contributed by atoms with Gasteiger partial charge in [0.25, 0.3) is 0 Å². The number of methoxy groups -OCH3 is 2. The fourth-order valence-electron chi connectivity index (χ4n) is 24.5. The zero-order valence-electron chi connectivity index (χ0n) is 73.8. The number of nitrogens with zero attached hydrogens (tertiary/aromatic N) is 5. The molecule has 17 rings (SSSR count). The second-order valence-corrected chi connectivity index (χ2v) is 38.4. The minimum atomic E-state index is -1.10. The van der Waals surface area contributed by atoms with Crippen LogP contribution in [0.25, 0.3) is 0 Å². The van der Waals surface area contributed by atoms with Crippen molar-refractivity contribution in [2.24, 2.45) is 85.8 Å². The van der Waals surface area contributed by atoms with E-state index in [0.29, 0.717) is 96.4 Å². The van der Waals surface area contributed by atoms with Crippen molar-refractivity contribution in [1.29, 1.82) is 0 Å². The molecule has 12 aliphatic rings. The number of aromatic nitrogens is 5. The molecule has 12 fully saturated rings. The van der Waals surface area contributed by atoms with E-state index < -0.39 is 29.8 Å². The van der Waals surface area contributed by atoms with Gasteiger partial charge in [-0.3, -0.25) is 0 Å². The van der Waals surface area contributed by atoms with Gasteiger partial charge < -0.3 is 77.6 Å². The number of carbonyl (C=O) groups is 5. The van der Waals surface area contributed by atoms with Gasteiger partial charge >= 0.3 is 29.8 Å². The van der Waals surface area contributed by atoms with Crippen LogP contribution in [0.2, 0.25) is 0 Å². The Morgan fingerprint density at radius 3 is 0.887 bits per heavy atom. The van der Waals surface area contributed by atoms with E-state index in [2.05, 4.69) is 90.9 Å². The molecule has 3 aliphatic heterocycles. The van der Waals surface area contributed by atoms with Crippen molar-refractivity contribution in [3.05, 3.63) is 157 Å². The molecule has 5 aromatic heterocycles. The Bertz CT molecular complexity index is 4330. The van der Waals surface area contributed by atoms with Crippen molar-refractivity contribution in [3.63, 3.8) is 0 Å². The number of fused-ring (bicyclic) bond motifs is 9. The summed E-state index contributed by atoms with van der Waals surface area (Å²) in [5.41, 5.74) is 5.10. The number of ether oxygens (including phenoxy) is 11. The summed E-state index contributed by atoms with van der Waals surface area (Å²) in [5, 5.41) is 43.9. The van der Waals surface area contributed by atoms with Crippen LogP contribution in [0.3, 0.4) is 0 Å². The van der Waals surface area contributed by atoms with Crippen molar-refractivity contribution in [2.45, 2.75) is 252 Å². The number of carbonyl (C=O) groups excluding carboxylic acids is 2. The number of rotatable bonds is 20. The van der Waals surface area contributed by atoms with E-state index in [-0.39, 0.29) is 104 Å². The standard InChI is InChI=1S/C29H41NO5.2C28H39NO5.C7H7NO3.C6H5NO3/c1-19-9-12-24-28(2,22(19)14-16-33-21-10-11-23(30-17-21)26(31)32-4)15-13-25-29(24,3)18-34-27(35-25)20-7-5-6-8-20;2*1-18-8-11-23-27(2,21(18)13-15-32-20-9-10-22(25(30)31)29-16-20)14-12-24-28(23,3)17-33-26(34-24)19-6-4-5-7-19;1-11-7(10)6-3-2-5(9)4-8-6;8-4-1-2-5(6(9)10)7-3-4/h10-11,17,20,22,24-25,27H,1,5-9,12-16,18H2,2-4H3;2*9-10,16,19,21,23-24,26H,1,4-8,11-15,17H2,2-3H3,(H,30,31);2-4,9H,1H3;1-3,8H,(H,9,10)/t22-,24?,25-,27-,28+,29+;2*21-,23?,24-,26-,27+,28+;;/m111../s1. The van der Waals surface area contributed by atoms with Crippen LogP contribution in [0.4, 0.5) is 0 Å². The number of hydrogen-bond acceptors (Lipinski definition) is 23. The maximum atomic E-state index is 11.6. The normalized spacial score (nSPS) is 33.1. The van der Waals surface area contributed by atoms with Crippen molar-refractivity contribution < 1.29 is 102 Å². The second-order valence-electron chi connectivity index (χ2n) is 38.4. The van der Waals surface area contributed by atoms with Gasteiger partial charge in [-0.15, -0.1) is 0 Å².